The lowest BCUT2D eigenvalue weighted by Gasteiger charge is -2.22. The number of thiophene rings is 1. The zero-order valence-corrected chi connectivity index (χ0v) is 19.7. The molecule has 4 rings (SSSR count). The molecule has 2 aromatic heterocycles. The van der Waals surface area contributed by atoms with Gasteiger partial charge in [0, 0.05) is 16.7 Å². The number of carbonyl (C=O) groups is 2. The molecule has 11 heteroatoms. The Kier molecular flexibility index (Phi) is 6.58. The Morgan fingerprint density at radius 3 is 2.65 bits per heavy atom. The highest BCUT2D eigenvalue weighted by Crippen LogP contribution is 2.30. The van der Waals surface area contributed by atoms with Crippen molar-refractivity contribution in [1.82, 2.24) is 14.6 Å². The number of aromatic nitrogens is 1. The third-order valence-electron chi connectivity index (χ3n) is 4.74. The fourth-order valence-corrected chi connectivity index (χ4v) is 7.85. The molecule has 1 aromatic carbocycles. The van der Waals surface area contributed by atoms with Gasteiger partial charge in [-0.05, 0) is 30.5 Å². The van der Waals surface area contributed by atoms with E-state index in [9.17, 15) is 18.0 Å². The van der Waals surface area contributed by atoms with Gasteiger partial charge in [0.05, 0.1) is 27.9 Å². The molecule has 0 aliphatic carbocycles. The van der Waals surface area contributed by atoms with Crippen LogP contribution in [0, 0.1) is 0 Å². The summed E-state index contributed by atoms with van der Waals surface area (Å²) in [4.78, 5) is 29.9. The molecule has 1 saturated heterocycles. The SMILES string of the molecule is CC(=O)c1ccc(S(=O)(=O)N2CSCC2C(=O)NCc2csc(-c3cccs3)n2)cc1. The molecule has 1 atom stereocenters. The van der Waals surface area contributed by atoms with Crippen molar-refractivity contribution in [3.05, 3.63) is 58.4 Å². The number of ketones is 1. The van der Waals surface area contributed by atoms with Crippen LogP contribution in [0.25, 0.3) is 9.88 Å². The molecule has 1 amide bonds. The molecule has 3 aromatic rings. The number of thiazole rings is 1. The van der Waals surface area contributed by atoms with Gasteiger partial charge in [-0.3, -0.25) is 9.59 Å². The van der Waals surface area contributed by atoms with Gasteiger partial charge in [-0.2, -0.15) is 4.31 Å². The minimum atomic E-state index is -3.86. The standard InChI is InChI=1S/C20H19N3O4S4/c1-13(24)14-4-6-16(7-5-14)31(26,27)23-12-28-11-17(23)19(25)21-9-15-10-30-20(22-15)18-3-2-8-29-18/h2-8,10,17H,9,11-12H2,1H3,(H,21,25). The number of rotatable bonds is 7. The second-order valence-electron chi connectivity index (χ2n) is 6.83. The molecule has 1 fully saturated rings. The van der Waals surface area contributed by atoms with Crippen LogP contribution >= 0.6 is 34.4 Å². The molecule has 1 aliphatic heterocycles. The Morgan fingerprint density at radius 2 is 1.97 bits per heavy atom. The van der Waals surface area contributed by atoms with E-state index in [0.717, 1.165) is 15.6 Å². The number of sulfonamides is 1. The lowest BCUT2D eigenvalue weighted by molar-refractivity contribution is -0.124. The zero-order chi connectivity index (χ0) is 22.0. The van der Waals surface area contributed by atoms with Crippen molar-refractivity contribution >= 4 is 56.1 Å². The Morgan fingerprint density at radius 1 is 1.19 bits per heavy atom. The lowest BCUT2D eigenvalue weighted by Crippen LogP contribution is -2.46. The predicted molar refractivity (Wildman–Crippen MR) is 124 cm³/mol. The maximum absolute atomic E-state index is 13.1. The maximum atomic E-state index is 13.1. The van der Waals surface area contributed by atoms with Gasteiger partial charge in [-0.25, -0.2) is 13.4 Å². The fraction of sp³-hybridized carbons (Fsp3) is 0.250. The highest BCUT2D eigenvalue weighted by molar-refractivity contribution is 8.00. The zero-order valence-electron chi connectivity index (χ0n) is 16.5. The van der Waals surface area contributed by atoms with E-state index in [2.05, 4.69) is 10.3 Å². The third-order valence-corrected chi connectivity index (χ3v) is 9.71. The fourth-order valence-electron chi connectivity index (χ4n) is 3.06. The summed E-state index contributed by atoms with van der Waals surface area (Å²) in [6, 6.07) is 8.95. The summed E-state index contributed by atoms with van der Waals surface area (Å²) < 4.78 is 27.4. The minimum absolute atomic E-state index is 0.0675. The molecule has 1 unspecified atom stereocenters. The summed E-state index contributed by atoms with van der Waals surface area (Å²) in [5, 5.41) is 7.60. The Balaban J connectivity index is 1.43. The monoisotopic (exact) mass is 493 g/mol. The van der Waals surface area contributed by atoms with E-state index >= 15 is 0 Å². The highest BCUT2D eigenvalue weighted by Gasteiger charge is 2.40. The van der Waals surface area contributed by atoms with Gasteiger partial charge in [0.2, 0.25) is 15.9 Å². The van der Waals surface area contributed by atoms with Crippen molar-refractivity contribution < 1.29 is 18.0 Å². The largest absolute Gasteiger partial charge is 0.349 e. The second kappa shape index (κ2) is 9.21. The van der Waals surface area contributed by atoms with E-state index in [1.165, 1.54) is 58.6 Å². The summed E-state index contributed by atoms with van der Waals surface area (Å²) in [5.74, 6) is 0.101. The van der Waals surface area contributed by atoms with Crippen LogP contribution in [-0.4, -0.2) is 47.1 Å². The number of carbonyl (C=O) groups excluding carboxylic acids is 2. The topological polar surface area (TPSA) is 96.4 Å². The van der Waals surface area contributed by atoms with E-state index in [1.54, 1.807) is 11.3 Å². The van der Waals surface area contributed by atoms with E-state index < -0.39 is 16.1 Å². The van der Waals surface area contributed by atoms with Crippen LogP contribution in [0.3, 0.4) is 0 Å². The summed E-state index contributed by atoms with van der Waals surface area (Å²) in [5.41, 5.74) is 1.18. The predicted octanol–water partition coefficient (Wildman–Crippen LogP) is 3.45. The Labute approximate surface area is 192 Å². The van der Waals surface area contributed by atoms with Crippen molar-refractivity contribution in [1.29, 1.82) is 0 Å². The van der Waals surface area contributed by atoms with Gasteiger partial charge in [-0.15, -0.1) is 34.4 Å². The molecule has 0 radical (unpaired) electrons. The minimum Gasteiger partial charge on any atom is -0.349 e. The van der Waals surface area contributed by atoms with E-state index in [4.69, 9.17) is 0 Å². The highest BCUT2D eigenvalue weighted by atomic mass is 32.2. The first kappa shape index (κ1) is 22.2. The van der Waals surface area contributed by atoms with Crippen LogP contribution in [0.4, 0.5) is 0 Å². The first-order chi connectivity index (χ1) is 14.9. The number of Topliss-reactive ketones (excluding diaryl/α,β-unsaturated/α-hetero) is 1. The number of nitrogens with one attached hydrogen (secondary N) is 1. The lowest BCUT2D eigenvalue weighted by atomic mass is 10.2. The van der Waals surface area contributed by atoms with Crippen LogP contribution in [0.15, 0.2) is 52.1 Å². The quantitative estimate of drug-likeness (QED) is 0.507. The van der Waals surface area contributed by atoms with Crippen molar-refractivity contribution in [3.8, 4) is 9.88 Å². The second-order valence-corrected chi connectivity index (χ2v) is 11.5. The Bertz CT molecular complexity index is 1190. The normalized spacial score (nSPS) is 17.0. The van der Waals surface area contributed by atoms with Crippen LogP contribution < -0.4 is 5.32 Å². The van der Waals surface area contributed by atoms with Gasteiger partial charge in [0.15, 0.2) is 5.78 Å². The molecule has 3 heterocycles. The maximum Gasteiger partial charge on any atom is 0.244 e. The van der Waals surface area contributed by atoms with Crippen LogP contribution in [0.1, 0.15) is 23.0 Å². The Hall–Kier alpha value is -2.05. The van der Waals surface area contributed by atoms with Crippen LogP contribution in [0.5, 0.6) is 0 Å². The van der Waals surface area contributed by atoms with Gasteiger partial charge in [0.25, 0.3) is 0 Å². The van der Waals surface area contributed by atoms with Crippen molar-refractivity contribution in [3.63, 3.8) is 0 Å². The molecule has 162 valence electrons. The molecule has 1 aliphatic rings. The number of hydrogen-bond acceptors (Lipinski definition) is 8. The van der Waals surface area contributed by atoms with E-state index in [0.29, 0.717) is 11.3 Å². The van der Waals surface area contributed by atoms with Crippen molar-refractivity contribution in [2.45, 2.75) is 24.4 Å². The third kappa shape index (κ3) is 4.75. The van der Waals surface area contributed by atoms with Gasteiger partial charge in [-0.1, -0.05) is 18.2 Å². The van der Waals surface area contributed by atoms with Crippen molar-refractivity contribution in [2.75, 3.05) is 11.6 Å². The van der Waals surface area contributed by atoms with Gasteiger partial charge < -0.3 is 5.32 Å². The van der Waals surface area contributed by atoms with E-state index in [-0.39, 0.29) is 29.0 Å². The molecular weight excluding hydrogens is 475 g/mol. The molecule has 7 nitrogen and oxygen atoms in total. The average molecular weight is 494 g/mol. The summed E-state index contributed by atoms with van der Waals surface area (Å²) in [6.45, 7) is 1.66. The smallest absolute Gasteiger partial charge is 0.244 e. The number of amides is 1. The molecule has 31 heavy (non-hydrogen) atoms. The van der Waals surface area contributed by atoms with Crippen LogP contribution in [0.2, 0.25) is 0 Å². The number of thioether (sulfide) groups is 1. The average Bonchev–Trinajstić information content (AvgIpc) is 3.53. The number of hydrogen-bond donors (Lipinski definition) is 1. The molecule has 1 N–H and O–H groups in total. The summed E-state index contributed by atoms with van der Waals surface area (Å²) in [7, 11) is -3.86. The molecule has 0 saturated carbocycles. The van der Waals surface area contributed by atoms with Gasteiger partial charge in [0.1, 0.15) is 11.0 Å². The van der Waals surface area contributed by atoms with Gasteiger partial charge >= 0.3 is 0 Å². The molecular formula is C20H19N3O4S4. The molecule has 0 bridgehead atoms. The van der Waals surface area contributed by atoms with Crippen molar-refractivity contribution in [2.24, 2.45) is 0 Å². The van der Waals surface area contributed by atoms with E-state index in [1.807, 2.05) is 22.9 Å². The number of benzene rings is 1. The first-order valence-corrected chi connectivity index (χ1v) is 13.7. The number of nitrogens with zero attached hydrogens (tertiary/aromatic N) is 2. The summed E-state index contributed by atoms with van der Waals surface area (Å²) in [6.07, 6.45) is 0. The molecule has 0 spiro atoms. The van der Waals surface area contributed by atoms with Crippen LogP contribution in [-0.2, 0) is 21.4 Å². The first-order valence-electron chi connectivity index (χ1n) is 9.33. The summed E-state index contributed by atoms with van der Waals surface area (Å²) >= 11 is 4.51.